The van der Waals surface area contributed by atoms with E-state index in [9.17, 15) is 13.2 Å². The molecule has 132 valence electrons. The molecule has 2 fully saturated rings. The Morgan fingerprint density at radius 3 is 2.21 bits per heavy atom. The lowest BCUT2D eigenvalue weighted by molar-refractivity contribution is -0.143. The summed E-state index contributed by atoms with van der Waals surface area (Å²) in [5, 5.41) is 0. The number of ether oxygens (including phenoxy) is 1. The van der Waals surface area contributed by atoms with Crippen LogP contribution in [0.2, 0.25) is 0 Å². The van der Waals surface area contributed by atoms with Crippen molar-refractivity contribution in [2.75, 3.05) is 13.7 Å². The Kier molecular flexibility index (Phi) is 4.44. The fourth-order valence-corrected chi connectivity index (χ4v) is 5.10. The van der Waals surface area contributed by atoms with Gasteiger partial charge in [0.2, 0.25) is 10.0 Å². The molecule has 2 aliphatic carbocycles. The lowest BCUT2D eigenvalue weighted by Crippen LogP contribution is -2.51. The highest BCUT2D eigenvalue weighted by atomic mass is 32.2. The third-order valence-electron chi connectivity index (χ3n) is 5.35. The van der Waals surface area contributed by atoms with Crippen molar-refractivity contribution in [3.8, 4) is 0 Å². The van der Waals surface area contributed by atoms with Crippen LogP contribution in [0.15, 0.2) is 29.2 Å². The fourth-order valence-electron chi connectivity index (χ4n) is 3.63. The number of nitrogens with one attached hydrogen (secondary N) is 1. The maximum Gasteiger partial charge on any atom is 0.316 e. The summed E-state index contributed by atoms with van der Waals surface area (Å²) in [7, 11) is -2.25. The van der Waals surface area contributed by atoms with Crippen LogP contribution in [0, 0.1) is 0 Å². The van der Waals surface area contributed by atoms with Crippen LogP contribution in [0.25, 0.3) is 0 Å². The van der Waals surface area contributed by atoms with Gasteiger partial charge in [-0.15, -0.1) is 0 Å². The van der Waals surface area contributed by atoms with Crippen molar-refractivity contribution < 1.29 is 17.9 Å². The van der Waals surface area contributed by atoms with Crippen LogP contribution in [0.1, 0.15) is 44.1 Å². The van der Waals surface area contributed by atoms with Crippen molar-refractivity contribution in [3.63, 3.8) is 0 Å². The first-order valence-corrected chi connectivity index (χ1v) is 9.79. The predicted octanol–water partition coefficient (Wildman–Crippen LogP) is 1.44. The number of rotatable bonds is 6. The molecule has 3 rings (SSSR count). The number of esters is 1. The molecule has 6 nitrogen and oxygen atoms in total. The number of carbonyl (C=O) groups excluding carboxylic acids is 1. The maximum atomic E-state index is 12.7. The van der Waals surface area contributed by atoms with Gasteiger partial charge in [-0.1, -0.05) is 25.0 Å². The molecule has 0 aromatic heterocycles. The molecule has 0 unspecified atom stereocenters. The zero-order chi connectivity index (χ0) is 17.4. The molecular formula is C17H24N2O4S. The van der Waals surface area contributed by atoms with Crippen molar-refractivity contribution in [2.24, 2.45) is 5.73 Å². The molecule has 0 aliphatic heterocycles. The van der Waals surface area contributed by atoms with E-state index in [1.165, 1.54) is 7.11 Å². The Bertz CT molecular complexity index is 717. The summed E-state index contributed by atoms with van der Waals surface area (Å²) in [6.07, 6.45) is 4.99. The van der Waals surface area contributed by atoms with E-state index in [0.29, 0.717) is 6.54 Å². The summed E-state index contributed by atoms with van der Waals surface area (Å²) in [5.74, 6) is -0.260. The normalized spacial score (nSPS) is 21.4. The number of hydrogen-bond acceptors (Lipinski definition) is 5. The Morgan fingerprint density at radius 2 is 1.75 bits per heavy atom. The Labute approximate surface area is 142 Å². The molecule has 0 bridgehead atoms. The number of nitrogens with two attached hydrogens (primary N) is 1. The first-order chi connectivity index (χ1) is 11.4. The molecule has 1 aromatic carbocycles. The SMILES string of the molecule is COC(=O)C1(c2ccc(S(=O)(=O)NC3(CN)CCCC3)cc2)CC1. The summed E-state index contributed by atoms with van der Waals surface area (Å²) >= 11 is 0. The third-order valence-corrected chi connectivity index (χ3v) is 6.94. The van der Waals surface area contributed by atoms with Gasteiger partial charge in [0.15, 0.2) is 0 Å². The standard InChI is InChI=1S/C17H24N2O4S/c1-23-15(20)17(10-11-17)13-4-6-14(7-5-13)24(21,22)19-16(12-18)8-2-3-9-16/h4-7,19H,2-3,8-12,18H2,1H3. The van der Waals surface area contributed by atoms with Gasteiger partial charge in [0, 0.05) is 12.1 Å². The van der Waals surface area contributed by atoms with Gasteiger partial charge in [0.25, 0.3) is 0 Å². The van der Waals surface area contributed by atoms with Crippen LogP contribution in [0.3, 0.4) is 0 Å². The second-order valence-electron chi connectivity index (χ2n) is 6.90. The minimum absolute atomic E-state index is 0.201. The second kappa shape index (κ2) is 6.13. The molecule has 3 N–H and O–H groups in total. The molecule has 1 aromatic rings. The van der Waals surface area contributed by atoms with E-state index in [1.54, 1.807) is 24.3 Å². The minimum atomic E-state index is -3.63. The second-order valence-corrected chi connectivity index (χ2v) is 8.58. The van der Waals surface area contributed by atoms with Crippen molar-refractivity contribution in [1.29, 1.82) is 0 Å². The van der Waals surface area contributed by atoms with Gasteiger partial charge < -0.3 is 10.5 Å². The summed E-state index contributed by atoms with van der Waals surface area (Å²) in [6.45, 7) is 0.301. The molecule has 2 aliphatic rings. The van der Waals surface area contributed by atoms with Crippen molar-refractivity contribution in [1.82, 2.24) is 4.72 Å². The fraction of sp³-hybridized carbons (Fsp3) is 0.588. The average Bonchev–Trinajstić information content (AvgIpc) is 3.28. The number of hydrogen-bond donors (Lipinski definition) is 2. The topological polar surface area (TPSA) is 98.5 Å². The lowest BCUT2D eigenvalue weighted by atomic mass is 9.96. The monoisotopic (exact) mass is 352 g/mol. The molecule has 2 saturated carbocycles. The molecule has 7 heteroatoms. The largest absolute Gasteiger partial charge is 0.468 e. The van der Waals surface area contributed by atoms with Crippen LogP contribution in [0.5, 0.6) is 0 Å². The summed E-state index contributed by atoms with van der Waals surface area (Å²) in [4.78, 5) is 12.1. The third kappa shape index (κ3) is 2.96. The highest BCUT2D eigenvalue weighted by Crippen LogP contribution is 2.49. The predicted molar refractivity (Wildman–Crippen MR) is 89.9 cm³/mol. The average molecular weight is 352 g/mol. The van der Waals surface area contributed by atoms with Crippen molar-refractivity contribution in [3.05, 3.63) is 29.8 Å². The van der Waals surface area contributed by atoms with Crippen molar-refractivity contribution in [2.45, 2.75) is 54.4 Å². The Hall–Kier alpha value is -1.44. The van der Waals surface area contributed by atoms with Gasteiger partial charge in [-0.3, -0.25) is 4.79 Å². The first kappa shape index (κ1) is 17.4. The molecule has 0 atom stereocenters. The van der Waals surface area contributed by atoms with Gasteiger partial charge in [-0.25, -0.2) is 13.1 Å². The van der Waals surface area contributed by atoms with Gasteiger partial charge in [0.05, 0.1) is 17.4 Å². The number of methoxy groups -OCH3 is 1. The molecule has 24 heavy (non-hydrogen) atoms. The van der Waals surface area contributed by atoms with Crippen LogP contribution < -0.4 is 10.5 Å². The number of carbonyl (C=O) groups is 1. The molecule has 0 radical (unpaired) electrons. The Balaban J connectivity index is 1.81. The summed E-state index contributed by atoms with van der Waals surface area (Å²) < 4.78 is 33.0. The van der Waals surface area contributed by atoms with E-state index in [4.69, 9.17) is 10.5 Å². The van der Waals surface area contributed by atoms with Crippen molar-refractivity contribution >= 4 is 16.0 Å². The highest BCUT2D eigenvalue weighted by Gasteiger charge is 2.52. The zero-order valence-corrected chi connectivity index (χ0v) is 14.7. The summed E-state index contributed by atoms with van der Waals surface area (Å²) in [5.41, 5.74) is 5.51. The molecule has 0 spiro atoms. The lowest BCUT2D eigenvalue weighted by Gasteiger charge is -2.28. The zero-order valence-electron chi connectivity index (χ0n) is 13.9. The van der Waals surface area contributed by atoms with E-state index in [-0.39, 0.29) is 10.9 Å². The summed E-state index contributed by atoms with van der Waals surface area (Å²) in [6, 6.07) is 6.53. The van der Waals surface area contributed by atoms with Crippen LogP contribution in [-0.2, 0) is 25.0 Å². The van der Waals surface area contributed by atoms with Gasteiger partial charge in [-0.05, 0) is 43.4 Å². The van der Waals surface area contributed by atoms with E-state index in [1.807, 2.05) is 0 Å². The van der Waals surface area contributed by atoms with Gasteiger partial charge in [0.1, 0.15) is 0 Å². The van der Waals surface area contributed by atoms with E-state index < -0.39 is 21.0 Å². The van der Waals surface area contributed by atoms with Gasteiger partial charge in [-0.2, -0.15) is 0 Å². The maximum absolute atomic E-state index is 12.7. The molecule has 0 amide bonds. The quantitative estimate of drug-likeness (QED) is 0.755. The highest BCUT2D eigenvalue weighted by molar-refractivity contribution is 7.89. The molecular weight excluding hydrogens is 328 g/mol. The molecule has 0 saturated heterocycles. The van der Waals surface area contributed by atoms with E-state index in [0.717, 1.165) is 44.1 Å². The first-order valence-electron chi connectivity index (χ1n) is 8.31. The van der Waals surface area contributed by atoms with Crippen LogP contribution in [-0.4, -0.2) is 33.6 Å². The van der Waals surface area contributed by atoms with E-state index >= 15 is 0 Å². The number of sulfonamides is 1. The van der Waals surface area contributed by atoms with Crippen LogP contribution >= 0.6 is 0 Å². The van der Waals surface area contributed by atoms with E-state index in [2.05, 4.69) is 4.72 Å². The smallest absolute Gasteiger partial charge is 0.316 e. The number of benzene rings is 1. The molecule has 0 heterocycles. The van der Waals surface area contributed by atoms with Gasteiger partial charge >= 0.3 is 5.97 Å². The van der Waals surface area contributed by atoms with Crippen LogP contribution in [0.4, 0.5) is 0 Å². The minimum Gasteiger partial charge on any atom is -0.468 e. The Morgan fingerprint density at radius 1 is 1.17 bits per heavy atom.